The van der Waals surface area contributed by atoms with Gasteiger partial charge >= 0.3 is 0 Å². The van der Waals surface area contributed by atoms with Crippen molar-refractivity contribution in [3.8, 4) is 44.9 Å². The lowest BCUT2D eigenvalue weighted by atomic mass is 9.77. The lowest BCUT2D eigenvalue weighted by Crippen LogP contribution is -2.35. The van der Waals surface area contributed by atoms with E-state index in [1.165, 1.54) is 84.7 Å². The molecule has 0 bridgehead atoms. The summed E-state index contributed by atoms with van der Waals surface area (Å²) in [5.41, 5.74) is 17.5. The molecule has 0 spiro atoms. The zero-order valence-corrected chi connectivity index (χ0v) is 44.4. The van der Waals surface area contributed by atoms with Crippen LogP contribution in [0.1, 0.15) is 144 Å². The fourth-order valence-electron chi connectivity index (χ4n) is 13.0. The number of hydrogen-bond donors (Lipinski definition) is 0. The van der Waals surface area contributed by atoms with Crippen LogP contribution in [-0.2, 0) is 22.4 Å². The van der Waals surface area contributed by atoms with Gasteiger partial charge in [-0.2, -0.15) is 0 Å². The Morgan fingerprint density at radius 1 is 0.662 bits per heavy atom. The van der Waals surface area contributed by atoms with Crippen LogP contribution in [0.15, 0.2) is 158 Å². The molecular weight excluding hydrogens is 905 g/mol. The van der Waals surface area contributed by atoms with Crippen LogP contribution in [0.5, 0.6) is 11.5 Å². The number of benzene rings is 8. The lowest BCUT2D eigenvalue weighted by molar-refractivity contribution is 0.0219. The number of ketones is 1. The Labute approximate surface area is 439 Å². The Bertz CT molecular complexity index is 3380. The number of methoxy groups -OCH3 is 2. The molecule has 2 aliphatic carbocycles. The molecule has 4 nitrogen and oxygen atoms in total. The number of carbonyl (C=O) groups excluding carboxylic acids is 1. The molecule has 2 unspecified atom stereocenters. The van der Waals surface area contributed by atoms with Crippen LogP contribution >= 0.6 is 0 Å². The Morgan fingerprint density at radius 3 is 2.00 bits per heavy atom. The molecule has 1 fully saturated rings. The SMILES string of the molecule is CCCCCC1CCC(c2ccc(-c3ccc(C(=O)Cc4ccc(-c5cc6c7c(c8c(c6cc5C)OC(c5ccc(C)cc5)(c5ccc(OC)cc5)C=C8)C(CC)(OC)c5ccccc5-7)c(C)c4)cc3)cc2)CC1. The van der Waals surface area contributed by atoms with Crippen molar-refractivity contribution in [1.29, 1.82) is 0 Å². The largest absolute Gasteiger partial charge is 0.497 e. The smallest absolute Gasteiger partial charge is 0.178 e. The molecule has 4 heteroatoms. The average molecular weight is 975 g/mol. The Morgan fingerprint density at radius 2 is 1.34 bits per heavy atom. The van der Waals surface area contributed by atoms with E-state index in [9.17, 15) is 4.79 Å². The second kappa shape index (κ2) is 20.4. The van der Waals surface area contributed by atoms with Gasteiger partial charge in [0.15, 0.2) is 11.4 Å². The third kappa shape index (κ3) is 8.69. The van der Waals surface area contributed by atoms with E-state index in [2.05, 4.69) is 174 Å². The van der Waals surface area contributed by atoms with Crippen LogP contribution in [0.3, 0.4) is 0 Å². The van der Waals surface area contributed by atoms with Crippen molar-refractivity contribution in [2.24, 2.45) is 5.92 Å². The zero-order chi connectivity index (χ0) is 51.1. The molecule has 74 heavy (non-hydrogen) atoms. The van der Waals surface area contributed by atoms with Crippen molar-refractivity contribution in [3.63, 3.8) is 0 Å². The summed E-state index contributed by atoms with van der Waals surface area (Å²) in [6, 6.07) is 54.4. The van der Waals surface area contributed by atoms with Crippen LogP contribution in [0.4, 0.5) is 0 Å². The van der Waals surface area contributed by atoms with E-state index in [-0.39, 0.29) is 5.78 Å². The highest BCUT2D eigenvalue weighted by molar-refractivity contribution is 6.10. The number of fused-ring (bicyclic) bond motifs is 8. The third-order valence-corrected chi connectivity index (χ3v) is 17.2. The lowest BCUT2D eigenvalue weighted by Gasteiger charge is -2.39. The molecule has 1 aliphatic heterocycles. The fraction of sp³-hybridized carbons (Fsp3) is 0.300. The highest BCUT2D eigenvalue weighted by Gasteiger charge is 2.48. The number of Topliss-reactive ketones (excluding diaryl/α,β-unsaturated/α-hetero) is 1. The van der Waals surface area contributed by atoms with Gasteiger partial charge in [0.05, 0.1) is 7.11 Å². The van der Waals surface area contributed by atoms with E-state index in [1.807, 2.05) is 31.4 Å². The Kier molecular flexibility index (Phi) is 13.5. The first-order chi connectivity index (χ1) is 36.1. The van der Waals surface area contributed by atoms with E-state index in [4.69, 9.17) is 14.2 Å². The van der Waals surface area contributed by atoms with Gasteiger partial charge in [0.1, 0.15) is 17.1 Å². The number of rotatable bonds is 15. The first kappa shape index (κ1) is 49.2. The van der Waals surface area contributed by atoms with E-state index in [1.54, 1.807) is 7.11 Å². The number of aryl methyl sites for hydroxylation is 3. The normalized spacial score (nSPS) is 19.7. The number of unbranched alkanes of at least 4 members (excludes halogenated alkanes) is 2. The summed E-state index contributed by atoms with van der Waals surface area (Å²) in [6.07, 6.45) is 16.4. The maximum Gasteiger partial charge on any atom is 0.178 e. The molecule has 8 aromatic rings. The minimum Gasteiger partial charge on any atom is -0.497 e. The first-order valence-corrected chi connectivity index (χ1v) is 27.3. The third-order valence-electron chi connectivity index (χ3n) is 17.2. The van der Waals surface area contributed by atoms with Crippen LogP contribution in [-0.4, -0.2) is 20.0 Å². The Hall–Kier alpha value is -7.01. The van der Waals surface area contributed by atoms with E-state index >= 15 is 0 Å². The number of ether oxygens (including phenoxy) is 3. The predicted octanol–water partition coefficient (Wildman–Crippen LogP) is 18.0. The van der Waals surface area contributed by atoms with Gasteiger partial charge in [-0.15, -0.1) is 0 Å². The number of carbonyl (C=O) groups is 1. The van der Waals surface area contributed by atoms with Crippen LogP contribution in [0.25, 0.3) is 50.2 Å². The molecule has 3 aliphatic rings. The maximum atomic E-state index is 13.9. The van der Waals surface area contributed by atoms with Gasteiger partial charge in [0.2, 0.25) is 0 Å². The average Bonchev–Trinajstić information content (AvgIpc) is 3.78. The van der Waals surface area contributed by atoms with Gasteiger partial charge in [-0.1, -0.05) is 179 Å². The molecule has 0 radical (unpaired) electrons. The molecule has 0 N–H and O–H groups in total. The van der Waals surface area contributed by atoms with Crippen molar-refractivity contribution >= 4 is 22.6 Å². The molecule has 1 saturated carbocycles. The van der Waals surface area contributed by atoms with Crippen molar-refractivity contribution in [2.75, 3.05) is 14.2 Å². The molecular formula is C70H70O4. The molecule has 374 valence electrons. The predicted molar refractivity (Wildman–Crippen MR) is 306 cm³/mol. The molecule has 11 rings (SSSR count). The van der Waals surface area contributed by atoms with E-state index in [0.29, 0.717) is 12.3 Å². The van der Waals surface area contributed by atoms with Crippen LogP contribution in [0, 0.1) is 26.7 Å². The Balaban J connectivity index is 0.905. The van der Waals surface area contributed by atoms with Gasteiger partial charge in [-0.3, -0.25) is 4.79 Å². The molecule has 2 atom stereocenters. The van der Waals surface area contributed by atoms with Gasteiger partial charge in [0.25, 0.3) is 0 Å². The van der Waals surface area contributed by atoms with Crippen LogP contribution in [0.2, 0.25) is 0 Å². The van der Waals surface area contributed by atoms with Gasteiger partial charge in [0, 0.05) is 46.7 Å². The maximum absolute atomic E-state index is 13.9. The van der Waals surface area contributed by atoms with Gasteiger partial charge in [-0.05, 0) is 162 Å². The highest BCUT2D eigenvalue weighted by atomic mass is 16.5. The minimum absolute atomic E-state index is 0.119. The summed E-state index contributed by atoms with van der Waals surface area (Å²) in [5, 5.41) is 2.18. The quantitative estimate of drug-likeness (QED) is 0.0758. The summed E-state index contributed by atoms with van der Waals surface area (Å²) >= 11 is 0. The van der Waals surface area contributed by atoms with E-state index in [0.717, 1.165) is 95.8 Å². The fourth-order valence-corrected chi connectivity index (χ4v) is 13.0. The van der Waals surface area contributed by atoms with Crippen molar-refractivity contribution in [3.05, 3.63) is 219 Å². The summed E-state index contributed by atoms with van der Waals surface area (Å²) in [4.78, 5) is 13.9. The van der Waals surface area contributed by atoms with Crippen molar-refractivity contribution in [2.45, 2.75) is 116 Å². The highest BCUT2D eigenvalue weighted by Crippen LogP contribution is 2.60. The van der Waals surface area contributed by atoms with Crippen molar-refractivity contribution < 1.29 is 19.0 Å². The molecule has 1 heterocycles. The standard InChI is InChI=1S/C70H70O4/c1-8-10-11-14-48-19-22-50(23-20-48)51-24-26-52(27-25-51)53-28-30-54(31-29-53)65(71)43-49-21-38-58(46(4)41-49)61-44-62-63(42-47(61)5)68-60(67-66(62)59-15-12-13-16-64(59)69(67,9-2)73-7)39-40-70(74-68,55-32-17-45(3)18-33-55)56-34-36-57(72-6)37-35-56/h12-13,15-18,21,24-42,44,48,50H,8-11,14,19-20,22-23,43H2,1-7H3. The van der Waals surface area contributed by atoms with Crippen molar-refractivity contribution in [1.82, 2.24) is 0 Å². The minimum atomic E-state index is -0.918. The first-order valence-electron chi connectivity index (χ1n) is 27.3. The summed E-state index contributed by atoms with van der Waals surface area (Å²) in [6.45, 7) is 11.0. The van der Waals surface area contributed by atoms with E-state index < -0.39 is 11.2 Å². The van der Waals surface area contributed by atoms with Gasteiger partial charge < -0.3 is 14.2 Å². The zero-order valence-electron chi connectivity index (χ0n) is 44.4. The molecule has 0 amide bonds. The molecule has 8 aromatic carbocycles. The summed E-state index contributed by atoms with van der Waals surface area (Å²) in [7, 11) is 3.55. The summed E-state index contributed by atoms with van der Waals surface area (Å²) < 4.78 is 20.0. The number of hydrogen-bond acceptors (Lipinski definition) is 4. The second-order valence-electron chi connectivity index (χ2n) is 21.6. The topological polar surface area (TPSA) is 44.8 Å². The van der Waals surface area contributed by atoms with Gasteiger partial charge in [-0.25, -0.2) is 0 Å². The molecule has 0 aromatic heterocycles. The second-order valence-corrected chi connectivity index (χ2v) is 21.6. The summed E-state index contributed by atoms with van der Waals surface area (Å²) in [5.74, 6) is 3.35. The van der Waals surface area contributed by atoms with Crippen LogP contribution < -0.4 is 9.47 Å². The monoisotopic (exact) mass is 975 g/mol. The molecule has 0 saturated heterocycles.